The second kappa shape index (κ2) is 4.21. The number of aldehydes is 1. The molecule has 0 unspecified atom stereocenters. The Morgan fingerprint density at radius 1 is 1.47 bits per heavy atom. The van der Waals surface area contributed by atoms with Gasteiger partial charge in [-0.05, 0) is 26.0 Å². The highest BCUT2D eigenvalue weighted by Crippen LogP contribution is 2.22. The molecule has 0 atom stereocenters. The molecule has 1 heterocycles. The summed E-state index contributed by atoms with van der Waals surface area (Å²) in [5.41, 5.74) is 0.273. The molecule has 0 bridgehead atoms. The normalized spacial score (nSPS) is 10.9. The van der Waals surface area contributed by atoms with Crippen LogP contribution in [0.15, 0.2) is 18.3 Å². The van der Waals surface area contributed by atoms with Crippen LogP contribution in [0.25, 0.3) is 0 Å². The number of pyridine rings is 1. The molecule has 4 nitrogen and oxygen atoms in total. The summed E-state index contributed by atoms with van der Waals surface area (Å²) in [5.74, 6) is -0.353. The van der Waals surface area contributed by atoms with Crippen LogP contribution in [0.5, 0.6) is 0 Å². The van der Waals surface area contributed by atoms with Gasteiger partial charge in [0.25, 0.3) is 0 Å². The van der Waals surface area contributed by atoms with Crippen molar-refractivity contribution in [1.29, 1.82) is 0 Å². The highest BCUT2D eigenvalue weighted by molar-refractivity contribution is 5.81. The van der Waals surface area contributed by atoms with Crippen molar-refractivity contribution in [3.05, 3.63) is 29.6 Å². The first-order chi connectivity index (χ1) is 7.02. The fourth-order valence-corrected chi connectivity index (χ4v) is 1.20. The zero-order valence-electron chi connectivity index (χ0n) is 8.98. The average molecular weight is 207 g/mol. The Morgan fingerprint density at radius 3 is 2.53 bits per heavy atom. The Hall–Kier alpha value is -1.71. The summed E-state index contributed by atoms with van der Waals surface area (Å²) in [7, 11) is 1.34. The number of carbonyl (C=O) groups is 2. The highest BCUT2D eigenvalue weighted by atomic mass is 16.5. The standard InChI is InChI=1S/C11H13NO3/c1-11(2,10(14)15-3)9-5-4-8(7-13)6-12-9/h4-7H,1-3H3. The molecule has 0 radical (unpaired) electrons. The third kappa shape index (κ3) is 2.21. The van der Waals surface area contributed by atoms with E-state index in [4.69, 9.17) is 0 Å². The van der Waals surface area contributed by atoms with E-state index in [0.29, 0.717) is 17.5 Å². The lowest BCUT2D eigenvalue weighted by Crippen LogP contribution is -2.31. The first-order valence-corrected chi connectivity index (χ1v) is 4.52. The van der Waals surface area contributed by atoms with E-state index in [2.05, 4.69) is 9.72 Å². The first-order valence-electron chi connectivity index (χ1n) is 4.52. The minimum absolute atomic E-state index is 0.353. The van der Waals surface area contributed by atoms with Gasteiger partial charge in [0.2, 0.25) is 0 Å². The lowest BCUT2D eigenvalue weighted by atomic mass is 9.89. The number of esters is 1. The number of ether oxygens (including phenoxy) is 1. The molecule has 0 aliphatic heterocycles. The first kappa shape index (κ1) is 11.4. The van der Waals surface area contributed by atoms with Gasteiger partial charge in [0.05, 0.1) is 12.8 Å². The van der Waals surface area contributed by atoms with Gasteiger partial charge in [0, 0.05) is 11.8 Å². The average Bonchev–Trinajstić information content (AvgIpc) is 2.28. The number of hydrogen-bond acceptors (Lipinski definition) is 4. The lowest BCUT2D eigenvalue weighted by molar-refractivity contribution is -0.146. The topological polar surface area (TPSA) is 56.3 Å². The molecule has 0 amide bonds. The van der Waals surface area contributed by atoms with Crippen LogP contribution >= 0.6 is 0 Å². The van der Waals surface area contributed by atoms with E-state index in [1.54, 1.807) is 26.0 Å². The molecule has 0 aromatic carbocycles. The lowest BCUT2D eigenvalue weighted by Gasteiger charge is -2.20. The molecular formula is C11H13NO3. The number of rotatable bonds is 3. The molecule has 0 saturated carbocycles. The number of carbonyl (C=O) groups excluding carboxylic acids is 2. The van der Waals surface area contributed by atoms with E-state index >= 15 is 0 Å². The molecule has 0 spiro atoms. The van der Waals surface area contributed by atoms with E-state index < -0.39 is 5.41 Å². The Labute approximate surface area is 88.3 Å². The van der Waals surface area contributed by atoms with Crippen LogP contribution < -0.4 is 0 Å². The van der Waals surface area contributed by atoms with Gasteiger partial charge in [-0.15, -0.1) is 0 Å². The van der Waals surface area contributed by atoms with Gasteiger partial charge in [-0.25, -0.2) is 0 Å². The number of aromatic nitrogens is 1. The Bertz CT molecular complexity index is 368. The Balaban J connectivity index is 3.05. The quantitative estimate of drug-likeness (QED) is 0.554. The second-order valence-electron chi connectivity index (χ2n) is 3.71. The van der Waals surface area contributed by atoms with Crippen molar-refractivity contribution in [1.82, 2.24) is 4.98 Å². The van der Waals surface area contributed by atoms with Crippen molar-refractivity contribution in [3.8, 4) is 0 Å². The molecule has 0 aliphatic carbocycles. The summed E-state index contributed by atoms with van der Waals surface area (Å²) >= 11 is 0. The molecule has 0 aliphatic rings. The number of methoxy groups -OCH3 is 1. The van der Waals surface area contributed by atoms with Gasteiger partial charge in [0.1, 0.15) is 5.41 Å². The van der Waals surface area contributed by atoms with Gasteiger partial charge in [-0.1, -0.05) is 0 Å². The van der Waals surface area contributed by atoms with E-state index in [0.717, 1.165) is 0 Å². The third-order valence-corrected chi connectivity index (χ3v) is 2.26. The van der Waals surface area contributed by atoms with E-state index in [-0.39, 0.29) is 5.97 Å². The zero-order chi connectivity index (χ0) is 11.5. The molecule has 0 saturated heterocycles. The predicted molar refractivity (Wildman–Crippen MR) is 54.7 cm³/mol. The second-order valence-corrected chi connectivity index (χ2v) is 3.71. The van der Waals surface area contributed by atoms with Gasteiger partial charge in [-0.3, -0.25) is 14.6 Å². The fraction of sp³-hybridized carbons (Fsp3) is 0.364. The summed E-state index contributed by atoms with van der Waals surface area (Å²) in [6.07, 6.45) is 2.15. The van der Waals surface area contributed by atoms with Crippen LogP contribution in [0.4, 0.5) is 0 Å². The summed E-state index contributed by atoms with van der Waals surface area (Å²) in [6, 6.07) is 3.28. The van der Waals surface area contributed by atoms with E-state index in [9.17, 15) is 9.59 Å². The van der Waals surface area contributed by atoms with Crippen LogP contribution in [0.2, 0.25) is 0 Å². The molecule has 0 fully saturated rings. The van der Waals surface area contributed by atoms with Crippen molar-refractivity contribution in [2.75, 3.05) is 7.11 Å². The maximum absolute atomic E-state index is 11.5. The smallest absolute Gasteiger partial charge is 0.317 e. The van der Waals surface area contributed by atoms with Crippen LogP contribution in [-0.2, 0) is 14.9 Å². The van der Waals surface area contributed by atoms with E-state index in [1.807, 2.05) is 0 Å². The molecule has 1 rings (SSSR count). The zero-order valence-corrected chi connectivity index (χ0v) is 8.98. The number of hydrogen-bond donors (Lipinski definition) is 0. The van der Waals surface area contributed by atoms with Crippen LogP contribution in [0.1, 0.15) is 29.9 Å². The van der Waals surface area contributed by atoms with Crippen molar-refractivity contribution in [2.24, 2.45) is 0 Å². The van der Waals surface area contributed by atoms with Gasteiger partial charge in [0.15, 0.2) is 6.29 Å². The molecular weight excluding hydrogens is 194 g/mol. The molecule has 4 heteroatoms. The Morgan fingerprint density at radius 2 is 2.13 bits per heavy atom. The molecule has 1 aromatic rings. The van der Waals surface area contributed by atoms with E-state index in [1.165, 1.54) is 13.3 Å². The van der Waals surface area contributed by atoms with Crippen LogP contribution in [-0.4, -0.2) is 24.3 Å². The molecule has 15 heavy (non-hydrogen) atoms. The summed E-state index contributed by atoms with van der Waals surface area (Å²) in [5, 5.41) is 0. The molecule has 0 N–H and O–H groups in total. The van der Waals surface area contributed by atoms with Gasteiger partial charge >= 0.3 is 5.97 Å². The number of nitrogens with zero attached hydrogens (tertiary/aromatic N) is 1. The SMILES string of the molecule is COC(=O)C(C)(C)c1ccc(C=O)cn1. The predicted octanol–water partition coefficient (Wildman–Crippen LogP) is 1.34. The Kier molecular flexibility index (Phi) is 3.19. The highest BCUT2D eigenvalue weighted by Gasteiger charge is 2.32. The van der Waals surface area contributed by atoms with Crippen molar-refractivity contribution >= 4 is 12.3 Å². The third-order valence-electron chi connectivity index (χ3n) is 2.26. The van der Waals surface area contributed by atoms with Gasteiger partial charge in [-0.2, -0.15) is 0 Å². The van der Waals surface area contributed by atoms with Crippen molar-refractivity contribution in [3.63, 3.8) is 0 Å². The monoisotopic (exact) mass is 207 g/mol. The van der Waals surface area contributed by atoms with Crippen molar-refractivity contribution < 1.29 is 14.3 Å². The van der Waals surface area contributed by atoms with Crippen molar-refractivity contribution in [2.45, 2.75) is 19.3 Å². The van der Waals surface area contributed by atoms with Gasteiger partial charge < -0.3 is 4.74 Å². The maximum atomic E-state index is 11.5. The minimum Gasteiger partial charge on any atom is -0.468 e. The minimum atomic E-state index is -0.795. The summed E-state index contributed by atoms with van der Waals surface area (Å²) in [4.78, 5) is 25.9. The van der Waals surface area contributed by atoms with Crippen LogP contribution in [0, 0.1) is 0 Å². The molecule has 1 aromatic heterocycles. The summed E-state index contributed by atoms with van der Waals surface area (Å²) < 4.78 is 4.68. The summed E-state index contributed by atoms with van der Waals surface area (Å²) in [6.45, 7) is 3.45. The fourth-order valence-electron chi connectivity index (χ4n) is 1.20. The maximum Gasteiger partial charge on any atom is 0.317 e. The van der Waals surface area contributed by atoms with Crippen LogP contribution in [0.3, 0.4) is 0 Å². The molecule has 80 valence electrons. The largest absolute Gasteiger partial charge is 0.468 e.